The number of aryl methyl sites for hydroxylation is 1. The summed E-state index contributed by atoms with van der Waals surface area (Å²) >= 11 is 0. The zero-order valence-electron chi connectivity index (χ0n) is 15.8. The second-order valence-electron chi connectivity index (χ2n) is 6.93. The Bertz CT molecular complexity index is 742. The summed E-state index contributed by atoms with van der Waals surface area (Å²) in [6.45, 7) is 9.74. The molecule has 7 heteroatoms. The molecule has 1 aliphatic rings. The average molecular weight is 368 g/mol. The van der Waals surface area contributed by atoms with Crippen molar-refractivity contribution in [2.24, 2.45) is 4.99 Å². The third kappa shape index (κ3) is 4.45. The minimum absolute atomic E-state index is 0.156. The number of benzene rings is 1. The lowest BCUT2D eigenvalue weighted by Crippen LogP contribution is -2.57. The van der Waals surface area contributed by atoms with Gasteiger partial charge in [0.2, 0.25) is 0 Å². The summed E-state index contributed by atoms with van der Waals surface area (Å²) in [4.78, 5) is 6.34. The van der Waals surface area contributed by atoms with E-state index < -0.39 is 14.6 Å². The molecule has 0 saturated carbocycles. The van der Waals surface area contributed by atoms with Gasteiger partial charge >= 0.3 is 0 Å². The van der Waals surface area contributed by atoms with Crippen molar-refractivity contribution in [1.29, 1.82) is 0 Å². The van der Waals surface area contributed by atoms with Crippen molar-refractivity contribution in [3.05, 3.63) is 29.3 Å². The van der Waals surface area contributed by atoms with Crippen LogP contribution in [0.1, 0.15) is 31.9 Å². The largest absolute Gasteiger partial charge is 0.494 e. The van der Waals surface area contributed by atoms with Crippen LogP contribution in [0.25, 0.3) is 0 Å². The molecule has 6 nitrogen and oxygen atoms in total. The van der Waals surface area contributed by atoms with Gasteiger partial charge in [0, 0.05) is 26.7 Å². The van der Waals surface area contributed by atoms with E-state index in [0.717, 1.165) is 22.8 Å². The van der Waals surface area contributed by atoms with Gasteiger partial charge in [-0.2, -0.15) is 0 Å². The van der Waals surface area contributed by atoms with Crippen molar-refractivity contribution >= 4 is 15.8 Å². The Hall–Kier alpha value is -1.76. The first kappa shape index (κ1) is 19.6. The van der Waals surface area contributed by atoms with E-state index in [4.69, 9.17) is 4.74 Å². The Morgan fingerprint density at radius 2 is 2.12 bits per heavy atom. The van der Waals surface area contributed by atoms with Gasteiger partial charge in [-0.25, -0.2) is 8.42 Å². The molecule has 0 aliphatic carbocycles. The van der Waals surface area contributed by atoms with Crippen LogP contribution >= 0.6 is 0 Å². The van der Waals surface area contributed by atoms with Crippen LogP contribution in [-0.4, -0.2) is 56.5 Å². The van der Waals surface area contributed by atoms with Gasteiger partial charge < -0.3 is 15.0 Å². The van der Waals surface area contributed by atoms with Gasteiger partial charge in [-0.05, 0) is 44.9 Å². The average Bonchev–Trinajstić information content (AvgIpc) is 2.54. The number of sulfone groups is 1. The number of guanidine groups is 1. The maximum Gasteiger partial charge on any atom is 0.193 e. The minimum Gasteiger partial charge on any atom is -0.494 e. The molecule has 0 unspecified atom stereocenters. The highest BCUT2D eigenvalue weighted by Crippen LogP contribution is 2.24. The van der Waals surface area contributed by atoms with Crippen molar-refractivity contribution in [2.75, 3.05) is 32.5 Å². The topological polar surface area (TPSA) is 71.0 Å². The molecule has 0 aromatic heterocycles. The maximum absolute atomic E-state index is 12.2. The second-order valence-corrected chi connectivity index (χ2v) is 9.68. The number of hydrogen-bond acceptors (Lipinski definition) is 4. The summed E-state index contributed by atoms with van der Waals surface area (Å²) in [5.74, 6) is 1.79. The van der Waals surface area contributed by atoms with E-state index in [2.05, 4.69) is 16.4 Å². The van der Waals surface area contributed by atoms with Crippen molar-refractivity contribution in [3.8, 4) is 5.75 Å². The van der Waals surface area contributed by atoms with Crippen molar-refractivity contribution < 1.29 is 13.2 Å². The fraction of sp³-hybridized carbons (Fsp3) is 0.611. The Morgan fingerprint density at radius 3 is 2.68 bits per heavy atom. The molecule has 0 amide bonds. The first-order valence-corrected chi connectivity index (χ1v) is 10.3. The number of rotatable bonds is 4. The first-order valence-electron chi connectivity index (χ1n) is 8.60. The van der Waals surface area contributed by atoms with E-state index in [1.807, 2.05) is 30.9 Å². The smallest absolute Gasteiger partial charge is 0.193 e. The highest BCUT2D eigenvalue weighted by atomic mass is 32.2. The van der Waals surface area contributed by atoms with Crippen molar-refractivity contribution in [3.63, 3.8) is 0 Å². The fourth-order valence-corrected chi connectivity index (χ4v) is 4.34. The van der Waals surface area contributed by atoms with Crippen LogP contribution in [0, 0.1) is 6.92 Å². The van der Waals surface area contributed by atoms with Crippen LogP contribution in [0.4, 0.5) is 0 Å². The van der Waals surface area contributed by atoms with Gasteiger partial charge in [0.1, 0.15) is 5.75 Å². The van der Waals surface area contributed by atoms with Crippen LogP contribution in [0.2, 0.25) is 0 Å². The van der Waals surface area contributed by atoms with Gasteiger partial charge in [0.25, 0.3) is 0 Å². The Labute approximate surface area is 151 Å². The van der Waals surface area contributed by atoms with Gasteiger partial charge in [-0.1, -0.05) is 12.1 Å². The summed E-state index contributed by atoms with van der Waals surface area (Å²) in [5.41, 5.74) is 2.23. The minimum atomic E-state index is -3.06. The molecule has 140 valence electrons. The number of nitrogens with zero attached hydrogens (tertiary/aromatic N) is 2. The molecule has 1 aromatic rings. The number of nitrogens with one attached hydrogen (secondary N) is 1. The Kier molecular flexibility index (Phi) is 5.98. The van der Waals surface area contributed by atoms with Crippen LogP contribution in [0.3, 0.4) is 0 Å². The fourth-order valence-electron chi connectivity index (χ4n) is 2.98. The lowest BCUT2D eigenvalue weighted by molar-refractivity contribution is 0.337. The Morgan fingerprint density at radius 1 is 1.40 bits per heavy atom. The molecule has 2 rings (SSSR count). The molecule has 25 heavy (non-hydrogen) atoms. The SMILES string of the molecule is CCOc1ccc(CNC(=NC)N2CCS(=O)(=O)C(C)(C)C2)cc1C. The quantitative estimate of drug-likeness (QED) is 0.651. The van der Waals surface area contributed by atoms with Gasteiger partial charge in [0.05, 0.1) is 17.1 Å². The van der Waals surface area contributed by atoms with Gasteiger partial charge in [-0.15, -0.1) is 0 Å². The van der Waals surface area contributed by atoms with E-state index in [9.17, 15) is 8.42 Å². The molecule has 0 atom stereocenters. The lowest BCUT2D eigenvalue weighted by Gasteiger charge is -2.39. The zero-order valence-corrected chi connectivity index (χ0v) is 16.6. The summed E-state index contributed by atoms with van der Waals surface area (Å²) in [5, 5.41) is 3.34. The normalized spacial score (nSPS) is 19.6. The van der Waals surface area contributed by atoms with E-state index in [1.165, 1.54) is 0 Å². The molecular weight excluding hydrogens is 338 g/mol. The second kappa shape index (κ2) is 7.64. The number of aliphatic imine (C=N–C) groups is 1. The van der Waals surface area contributed by atoms with Crippen LogP contribution in [-0.2, 0) is 16.4 Å². The van der Waals surface area contributed by atoms with Crippen LogP contribution in [0.15, 0.2) is 23.2 Å². The standard InChI is InChI=1S/C18H29N3O3S/c1-6-24-16-8-7-15(11-14(16)2)12-20-17(19-5)21-9-10-25(22,23)18(3,4)13-21/h7-8,11H,6,9-10,12-13H2,1-5H3,(H,19,20). The summed E-state index contributed by atoms with van der Waals surface area (Å²) in [6, 6.07) is 6.11. The molecule has 1 heterocycles. The van der Waals surface area contributed by atoms with Gasteiger partial charge in [0.15, 0.2) is 15.8 Å². The maximum atomic E-state index is 12.2. The van der Waals surface area contributed by atoms with E-state index in [-0.39, 0.29) is 5.75 Å². The third-order valence-electron chi connectivity index (χ3n) is 4.54. The highest BCUT2D eigenvalue weighted by molar-refractivity contribution is 7.92. The number of hydrogen-bond donors (Lipinski definition) is 1. The molecular formula is C18H29N3O3S. The molecule has 1 aliphatic heterocycles. The predicted molar refractivity (Wildman–Crippen MR) is 102 cm³/mol. The molecule has 0 bridgehead atoms. The zero-order chi connectivity index (χ0) is 18.7. The van der Waals surface area contributed by atoms with E-state index >= 15 is 0 Å². The monoisotopic (exact) mass is 367 g/mol. The van der Waals surface area contributed by atoms with Crippen molar-refractivity contribution in [2.45, 2.75) is 39.0 Å². The van der Waals surface area contributed by atoms with Crippen LogP contribution in [0.5, 0.6) is 5.75 Å². The van der Waals surface area contributed by atoms with E-state index in [0.29, 0.717) is 26.2 Å². The van der Waals surface area contributed by atoms with Crippen LogP contribution < -0.4 is 10.1 Å². The van der Waals surface area contributed by atoms with E-state index in [1.54, 1.807) is 20.9 Å². The molecule has 0 spiro atoms. The third-order valence-corrected chi connectivity index (χ3v) is 7.08. The predicted octanol–water partition coefficient (Wildman–Crippen LogP) is 1.98. The molecule has 0 radical (unpaired) electrons. The summed E-state index contributed by atoms with van der Waals surface area (Å²) in [6.07, 6.45) is 0. The molecule has 1 aromatic carbocycles. The van der Waals surface area contributed by atoms with Gasteiger partial charge in [-0.3, -0.25) is 4.99 Å². The summed E-state index contributed by atoms with van der Waals surface area (Å²) in [7, 11) is -1.33. The molecule has 1 saturated heterocycles. The molecule has 1 fully saturated rings. The lowest BCUT2D eigenvalue weighted by atomic mass is 10.1. The summed E-state index contributed by atoms with van der Waals surface area (Å²) < 4.78 is 29.1. The highest BCUT2D eigenvalue weighted by Gasteiger charge is 2.40. The first-order chi connectivity index (χ1) is 11.7. The number of ether oxygens (including phenoxy) is 1. The molecule has 1 N–H and O–H groups in total. The van der Waals surface area contributed by atoms with Crippen molar-refractivity contribution in [1.82, 2.24) is 10.2 Å². The Balaban J connectivity index is 2.03.